The molecule has 0 spiro atoms. The molecule has 1 unspecified atom stereocenters. The smallest absolute Gasteiger partial charge is 0.0571 e. The summed E-state index contributed by atoms with van der Waals surface area (Å²) in [6, 6.07) is 0.183. The molecule has 0 fully saturated rings. The second kappa shape index (κ2) is 6.26. The van der Waals surface area contributed by atoms with Crippen LogP contribution in [0.25, 0.3) is 0 Å². The summed E-state index contributed by atoms with van der Waals surface area (Å²) in [7, 11) is 0. The maximum atomic E-state index is 5.63. The third kappa shape index (κ3) is 3.93. The van der Waals surface area contributed by atoms with Crippen LogP contribution in [-0.4, -0.2) is 29.6 Å². The van der Waals surface area contributed by atoms with E-state index in [1.165, 1.54) is 5.57 Å². The predicted octanol–water partition coefficient (Wildman–Crippen LogP) is 1.90. The summed E-state index contributed by atoms with van der Waals surface area (Å²) in [4.78, 5) is 2.41. The van der Waals surface area contributed by atoms with E-state index in [1.807, 2.05) is 0 Å². The van der Waals surface area contributed by atoms with Crippen molar-refractivity contribution in [2.45, 2.75) is 53.1 Å². The fourth-order valence-electron chi connectivity index (χ4n) is 2.02. The van der Waals surface area contributed by atoms with Crippen molar-refractivity contribution in [2.75, 3.05) is 13.1 Å². The Kier molecular flexibility index (Phi) is 6.10. The van der Waals surface area contributed by atoms with Crippen LogP contribution in [-0.2, 0) is 0 Å². The van der Waals surface area contributed by atoms with Gasteiger partial charge in [-0.3, -0.25) is 16.2 Å². The van der Waals surface area contributed by atoms with Gasteiger partial charge in [-0.05, 0) is 40.8 Å². The molecule has 0 aliphatic rings. The molecule has 0 aromatic rings. The minimum absolute atomic E-state index is 0.0372. The van der Waals surface area contributed by atoms with Crippen LogP contribution in [0.1, 0.15) is 41.5 Å². The van der Waals surface area contributed by atoms with E-state index in [1.54, 1.807) is 0 Å². The molecule has 15 heavy (non-hydrogen) atoms. The van der Waals surface area contributed by atoms with Gasteiger partial charge < -0.3 is 0 Å². The summed E-state index contributed by atoms with van der Waals surface area (Å²) in [5, 5.41) is 0. The first kappa shape index (κ1) is 14.6. The van der Waals surface area contributed by atoms with Crippen molar-refractivity contribution in [1.29, 1.82) is 0 Å². The first-order valence-corrected chi connectivity index (χ1v) is 5.76. The highest BCUT2D eigenvalue weighted by Crippen LogP contribution is 2.20. The van der Waals surface area contributed by atoms with Gasteiger partial charge >= 0.3 is 0 Å². The van der Waals surface area contributed by atoms with Gasteiger partial charge in [0.05, 0.1) is 6.04 Å². The van der Waals surface area contributed by atoms with Gasteiger partial charge in [-0.15, -0.1) is 0 Å². The molecule has 3 N–H and O–H groups in total. The molecule has 0 heterocycles. The maximum absolute atomic E-state index is 5.63. The van der Waals surface area contributed by atoms with Crippen molar-refractivity contribution in [3.05, 3.63) is 11.6 Å². The summed E-state index contributed by atoms with van der Waals surface area (Å²) < 4.78 is 0. The molecular weight excluding hydrogens is 186 g/mol. The van der Waals surface area contributed by atoms with Crippen LogP contribution in [0.15, 0.2) is 11.6 Å². The molecule has 0 saturated heterocycles. The molecule has 0 aliphatic carbocycles. The second-order valence-electron chi connectivity index (χ2n) is 4.71. The summed E-state index contributed by atoms with van der Waals surface area (Å²) in [5.74, 6) is 5.63. The number of hydrazine groups is 1. The van der Waals surface area contributed by atoms with Gasteiger partial charge in [-0.25, -0.2) is 0 Å². The van der Waals surface area contributed by atoms with Crippen LogP contribution in [0.3, 0.4) is 0 Å². The summed E-state index contributed by atoms with van der Waals surface area (Å²) in [6.07, 6.45) is 2.19. The Balaban J connectivity index is 4.85. The zero-order valence-corrected chi connectivity index (χ0v) is 11.1. The Morgan fingerprint density at radius 3 is 2.07 bits per heavy atom. The highest BCUT2D eigenvalue weighted by molar-refractivity contribution is 5.09. The lowest BCUT2D eigenvalue weighted by Gasteiger charge is -2.42. The monoisotopic (exact) mass is 213 g/mol. The standard InChI is InChI=1S/C12H27N3/c1-7-15(8-2)12(5,6)11(14-13)9-10(3)4/h9,11,14H,7-8,13H2,1-6H3. The molecule has 3 heteroatoms. The van der Waals surface area contributed by atoms with Crippen molar-refractivity contribution >= 4 is 0 Å². The topological polar surface area (TPSA) is 41.3 Å². The predicted molar refractivity (Wildman–Crippen MR) is 67.5 cm³/mol. The van der Waals surface area contributed by atoms with Crippen LogP contribution >= 0.6 is 0 Å². The average molecular weight is 213 g/mol. The quantitative estimate of drug-likeness (QED) is 0.402. The largest absolute Gasteiger partial charge is 0.297 e. The lowest BCUT2D eigenvalue weighted by Crippen LogP contribution is -2.58. The molecular formula is C12H27N3. The van der Waals surface area contributed by atoms with E-state index in [2.05, 4.69) is 57.9 Å². The molecule has 0 aromatic carbocycles. The number of nitrogens with one attached hydrogen (secondary N) is 1. The lowest BCUT2D eigenvalue weighted by atomic mass is 9.91. The van der Waals surface area contributed by atoms with Crippen LogP contribution in [0.5, 0.6) is 0 Å². The van der Waals surface area contributed by atoms with Gasteiger partial charge in [-0.1, -0.05) is 25.5 Å². The number of likely N-dealkylation sites (N-methyl/N-ethyl adjacent to an activating group) is 1. The average Bonchev–Trinajstić information content (AvgIpc) is 2.15. The fourth-order valence-corrected chi connectivity index (χ4v) is 2.02. The van der Waals surface area contributed by atoms with Crippen molar-refractivity contribution < 1.29 is 0 Å². The molecule has 1 atom stereocenters. The number of hydrogen-bond donors (Lipinski definition) is 2. The van der Waals surface area contributed by atoms with Crippen LogP contribution in [0.2, 0.25) is 0 Å². The van der Waals surface area contributed by atoms with Crippen LogP contribution in [0.4, 0.5) is 0 Å². The third-order valence-corrected chi connectivity index (χ3v) is 3.02. The summed E-state index contributed by atoms with van der Waals surface area (Å²) in [6.45, 7) is 15.1. The first-order chi connectivity index (χ1) is 6.89. The van der Waals surface area contributed by atoms with Gasteiger partial charge in [0.15, 0.2) is 0 Å². The van der Waals surface area contributed by atoms with E-state index in [9.17, 15) is 0 Å². The Hall–Kier alpha value is -0.380. The van der Waals surface area contributed by atoms with Crippen molar-refractivity contribution in [2.24, 2.45) is 5.84 Å². The molecule has 3 nitrogen and oxygen atoms in total. The Morgan fingerprint density at radius 1 is 1.33 bits per heavy atom. The normalized spacial score (nSPS) is 14.1. The van der Waals surface area contributed by atoms with E-state index >= 15 is 0 Å². The van der Waals surface area contributed by atoms with Gasteiger partial charge in [0.25, 0.3) is 0 Å². The zero-order chi connectivity index (χ0) is 12.1. The van der Waals surface area contributed by atoms with E-state index in [0.717, 1.165) is 13.1 Å². The van der Waals surface area contributed by atoms with Gasteiger partial charge in [0, 0.05) is 5.54 Å². The summed E-state index contributed by atoms with van der Waals surface area (Å²) >= 11 is 0. The Labute approximate surface area is 94.7 Å². The molecule has 0 amide bonds. The molecule has 0 aliphatic heterocycles. The highest BCUT2D eigenvalue weighted by Gasteiger charge is 2.31. The number of nitrogens with two attached hydrogens (primary N) is 1. The van der Waals surface area contributed by atoms with Gasteiger partial charge in [-0.2, -0.15) is 0 Å². The molecule has 0 aromatic heterocycles. The Bertz CT molecular complexity index is 201. The van der Waals surface area contributed by atoms with Gasteiger partial charge in [0.2, 0.25) is 0 Å². The van der Waals surface area contributed by atoms with Crippen LogP contribution in [0, 0.1) is 0 Å². The van der Waals surface area contributed by atoms with Crippen molar-refractivity contribution in [3.63, 3.8) is 0 Å². The third-order valence-electron chi connectivity index (χ3n) is 3.02. The zero-order valence-electron chi connectivity index (χ0n) is 11.1. The van der Waals surface area contributed by atoms with Gasteiger partial charge in [0.1, 0.15) is 0 Å². The molecule has 0 bridgehead atoms. The lowest BCUT2D eigenvalue weighted by molar-refractivity contribution is 0.108. The van der Waals surface area contributed by atoms with E-state index in [4.69, 9.17) is 5.84 Å². The molecule has 90 valence electrons. The number of nitrogens with zero attached hydrogens (tertiary/aromatic N) is 1. The molecule has 0 radical (unpaired) electrons. The molecule has 0 saturated carbocycles. The van der Waals surface area contributed by atoms with E-state index in [-0.39, 0.29) is 11.6 Å². The maximum Gasteiger partial charge on any atom is 0.0571 e. The van der Waals surface area contributed by atoms with Crippen molar-refractivity contribution in [1.82, 2.24) is 10.3 Å². The molecule has 0 rings (SSSR count). The van der Waals surface area contributed by atoms with E-state index < -0.39 is 0 Å². The first-order valence-electron chi connectivity index (χ1n) is 5.76. The Morgan fingerprint density at radius 2 is 1.80 bits per heavy atom. The van der Waals surface area contributed by atoms with Crippen LogP contribution < -0.4 is 11.3 Å². The van der Waals surface area contributed by atoms with Crippen molar-refractivity contribution in [3.8, 4) is 0 Å². The number of allylic oxidation sites excluding steroid dienone is 1. The minimum atomic E-state index is 0.0372. The SMILES string of the molecule is CCN(CC)C(C)(C)C(C=C(C)C)NN. The fraction of sp³-hybridized carbons (Fsp3) is 0.833. The summed E-state index contributed by atoms with van der Waals surface area (Å²) in [5.41, 5.74) is 4.23. The highest BCUT2D eigenvalue weighted by atomic mass is 15.3. The van der Waals surface area contributed by atoms with E-state index in [0.29, 0.717) is 0 Å². The minimum Gasteiger partial charge on any atom is -0.297 e. The number of hydrogen-bond acceptors (Lipinski definition) is 3. The number of rotatable bonds is 6. The second-order valence-corrected chi connectivity index (χ2v) is 4.71.